The average Bonchev–Trinajstić information content (AvgIpc) is 2.35. The number of nitrogens with two attached hydrogens (primary N) is 2. The Morgan fingerprint density at radius 2 is 2.25 bits per heavy atom. The molecule has 1 aromatic carbocycles. The summed E-state index contributed by atoms with van der Waals surface area (Å²) in [6.45, 7) is 0.401. The molecular weight excluding hydrogens is 159 g/mol. The molecule has 1 atom stereocenters. The Labute approximate surface area is 69.1 Å². The largest absolute Gasteiger partial charge is 0.491 e. The fourth-order valence-electron chi connectivity index (χ4n) is 1.27. The zero-order valence-electron chi connectivity index (χ0n) is 6.38. The third-order valence-corrected chi connectivity index (χ3v) is 1.95. The molecule has 3 nitrogen and oxygen atoms in total. The summed E-state index contributed by atoms with van der Waals surface area (Å²) >= 11 is 0. The van der Waals surface area contributed by atoms with Crippen molar-refractivity contribution in [2.45, 2.75) is 6.04 Å². The summed E-state index contributed by atoms with van der Waals surface area (Å²) in [4.78, 5) is 0. The van der Waals surface area contributed by atoms with Crippen LogP contribution >= 0.6 is 0 Å². The van der Waals surface area contributed by atoms with Crippen molar-refractivity contribution in [3.8, 4) is 5.75 Å². The summed E-state index contributed by atoms with van der Waals surface area (Å²) in [6.07, 6.45) is 0. The average molecular weight is 168 g/mol. The van der Waals surface area contributed by atoms with E-state index in [9.17, 15) is 4.39 Å². The first-order chi connectivity index (χ1) is 5.68. The molecule has 0 radical (unpaired) electrons. The maximum atomic E-state index is 12.9. The van der Waals surface area contributed by atoms with Crippen LogP contribution < -0.4 is 16.2 Å². The van der Waals surface area contributed by atoms with E-state index in [1.807, 2.05) is 0 Å². The summed E-state index contributed by atoms with van der Waals surface area (Å²) in [6, 6.07) is 2.58. The van der Waals surface area contributed by atoms with Gasteiger partial charge in [-0.25, -0.2) is 4.39 Å². The van der Waals surface area contributed by atoms with E-state index in [0.717, 1.165) is 0 Å². The molecule has 0 bridgehead atoms. The summed E-state index contributed by atoms with van der Waals surface area (Å²) in [5.74, 6) is 0.163. The fourth-order valence-corrected chi connectivity index (χ4v) is 1.27. The van der Waals surface area contributed by atoms with E-state index < -0.39 is 5.82 Å². The minimum atomic E-state index is -0.435. The van der Waals surface area contributed by atoms with E-state index in [-0.39, 0.29) is 11.7 Å². The van der Waals surface area contributed by atoms with Crippen molar-refractivity contribution >= 4 is 5.69 Å². The monoisotopic (exact) mass is 168 g/mol. The van der Waals surface area contributed by atoms with Gasteiger partial charge < -0.3 is 16.2 Å². The molecule has 0 saturated heterocycles. The number of nitrogen functional groups attached to an aromatic ring is 1. The van der Waals surface area contributed by atoms with Gasteiger partial charge in [-0.15, -0.1) is 0 Å². The lowest BCUT2D eigenvalue weighted by atomic mass is 10.1. The van der Waals surface area contributed by atoms with E-state index in [2.05, 4.69) is 0 Å². The lowest BCUT2D eigenvalue weighted by molar-refractivity contribution is 0.333. The summed E-state index contributed by atoms with van der Waals surface area (Å²) in [5, 5.41) is 0. The van der Waals surface area contributed by atoms with Crippen LogP contribution in [0.3, 0.4) is 0 Å². The lowest BCUT2D eigenvalue weighted by Crippen LogP contribution is -2.10. The Kier molecular flexibility index (Phi) is 1.44. The van der Waals surface area contributed by atoms with Gasteiger partial charge in [0, 0.05) is 11.6 Å². The van der Waals surface area contributed by atoms with Crippen molar-refractivity contribution in [2.75, 3.05) is 12.3 Å². The third-order valence-electron chi connectivity index (χ3n) is 1.95. The third kappa shape index (κ3) is 0.921. The second-order valence-electron chi connectivity index (χ2n) is 2.83. The highest BCUT2D eigenvalue weighted by molar-refractivity contribution is 5.52. The highest BCUT2D eigenvalue weighted by Gasteiger charge is 2.22. The highest BCUT2D eigenvalue weighted by atomic mass is 19.1. The fraction of sp³-hybridized carbons (Fsp3) is 0.250. The van der Waals surface area contributed by atoms with E-state index >= 15 is 0 Å². The van der Waals surface area contributed by atoms with Crippen LogP contribution in [0.5, 0.6) is 5.75 Å². The van der Waals surface area contributed by atoms with Crippen LogP contribution in [0.2, 0.25) is 0 Å². The Morgan fingerprint density at radius 1 is 1.50 bits per heavy atom. The minimum Gasteiger partial charge on any atom is -0.491 e. The van der Waals surface area contributed by atoms with Gasteiger partial charge in [0.25, 0.3) is 0 Å². The van der Waals surface area contributed by atoms with Gasteiger partial charge in [-0.3, -0.25) is 0 Å². The number of anilines is 1. The van der Waals surface area contributed by atoms with Crippen molar-refractivity contribution in [3.05, 3.63) is 23.5 Å². The number of rotatable bonds is 0. The number of halogens is 1. The first-order valence-electron chi connectivity index (χ1n) is 3.66. The van der Waals surface area contributed by atoms with Gasteiger partial charge in [0.1, 0.15) is 18.2 Å². The van der Waals surface area contributed by atoms with Crippen molar-refractivity contribution in [2.24, 2.45) is 5.73 Å². The van der Waals surface area contributed by atoms with Crippen LogP contribution in [0.15, 0.2) is 12.1 Å². The van der Waals surface area contributed by atoms with Gasteiger partial charge in [0.05, 0.1) is 11.7 Å². The number of fused-ring (bicyclic) bond motifs is 1. The topological polar surface area (TPSA) is 61.3 Å². The molecule has 12 heavy (non-hydrogen) atoms. The van der Waals surface area contributed by atoms with Gasteiger partial charge in [-0.05, 0) is 6.07 Å². The first kappa shape index (κ1) is 7.36. The Hall–Kier alpha value is -1.29. The molecule has 64 valence electrons. The Bertz CT molecular complexity index is 327. The first-order valence-corrected chi connectivity index (χ1v) is 3.66. The molecule has 0 amide bonds. The SMILES string of the molecule is Nc1cc2c(cc1F)[C@@H](N)CO2. The molecule has 1 aliphatic heterocycles. The Balaban J connectivity index is 2.56. The lowest BCUT2D eigenvalue weighted by Gasteiger charge is -2.02. The van der Waals surface area contributed by atoms with Crippen molar-refractivity contribution in [3.63, 3.8) is 0 Å². The number of ether oxygens (including phenoxy) is 1. The van der Waals surface area contributed by atoms with E-state index in [1.54, 1.807) is 0 Å². The van der Waals surface area contributed by atoms with Crippen molar-refractivity contribution in [1.82, 2.24) is 0 Å². The second kappa shape index (κ2) is 2.35. The molecule has 4 heteroatoms. The molecule has 2 rings (SSSR count). The van der Waals surface area contributed by atoms with E-state index in [0.29, 0.717) is 17.9 Å². The van der Waals surface area contributed by atoms with Gasteiger partial charge in [0.15, 0.2) is 0 Å². The molecular formula is C8H9FN2O. The molecule has 0 saturated carbocycles. The van der Waals surface area contributed by atoms with E-state index in [4.69, 9.17) is 16.2 Å². The summed E-state index contributed by atoms with van der Waals surface area (Å²) in [5.41, 5.74) is 11.8. The van der Waals surface area contributed by atoms with Crippen LogP contribution in [-0.4, -0.2) is 6.61 Å². The molecule has 0 unspecified atom stereocenters. The van der Waals surface area contributed by atoms with Crippen LogP contribution in [0.25, 0.3) is 0 Å². The smallest absolute Gasteiger partial charge is 0.146 e. The number of hydrogen-bond donors (Lipinski definition) is 2. The minimum absolute atomic E-state index is 0.0999. The van der Waals surface area contributed by atoms with Crippen LogP contribution in [-0.2, 0) is 0 Å². The van der Waals surface area contributed by atoms with Crippen LogP contribution in [0, 0.1) is 5.82 Å². The van der Waals surface area contributed by atoms with Crippen molar-refractivity contribution in [1.29, 1.82) is 0 Å². The molecule has 1 aromatic rings. The highest BCUT2D eigenvalue weighted by Crippen LogP contribution is 2.33. The zero-order chi connectivity index (χ0) is 8.72. The zero-order valence-corrected chi connectivity index (χ0v) is 6.38. The second-order valence-corrected chi connectivity index (χ2v) is 2.83. The normalized spacial score (nSPS) is 20.3. The van der Waals surface area contributed by atoms with Crippen LogP contribution in [0.1, 0.15) is 11.6 Å². The molecule has 0 aromatic heterocycles. The number of hydrogen-bond acceptors (Lipinski definition) is 3. The molecule has 0 aliphatic carbocycles. The predicted molar refractivity (Wildman–Crippen MR) is 43.2 cm³/mol. The van der Waals surface area contributed by atoms with Crippen LogP contribution in [0.4, 0.5) is 10.1 Å². The van der Waals surface area contributed by atoms with Gasteiger partial charge in [0.2, 0.25) is 0 Å². The van der Waals surface area contributed by atoms with Crippen molar-refractivity contribution < 1.29 is 9.13 Å². The molecule has 4 N–H and O–H groups in total. The van der Waals surface area contributed by atoms with Gasteiger partial charge in [-0.1, -0.05) is 0 Å². The molecule has 1 aliphatic rings. The Morgan fingerprint density at radius 3 is 3.00 bits per heavy atom. The maximum Gasteiger partial charge on any atom is 0.146 e. The van der Waals surface area contributed by atoms with Gasteiger partial charge in [-0.2, -0.15) is 0 Å². The standard InChI is InChI=1S/C8H9FN2O/c9-5-1-4-7(11)3-12-8(4)2-6(5)10/h1-2,7H,3,10-11H2/t7-/m0/s1. The summed E-state index contributed by atoms with van der Waals surface area (Å²) < 4.78 is 18.1. The maximum absolute atomic E-state index is 12.9. The molecule has 0 fully saturated rings. The quantitative estimate of drug-likeness (QED) is 0.563. The molecule has 1 heterocycles. The van der Waals surface area contributed by atoms with Gasteiger partial charge >= 0.3 is 0 Å². The molecule has 0 spiro atoms. The van der Waals surface area contributed by atoms with E-state index in [1.165, 1.54) is 12.1 Å². The number of benzene rings is 1. The predicted octanol–water partition coefficient (Wildman–Crippen LogP) is 0.800. The summed E-state index contributed by atoms with van der Waals surface area (Å²) in [7, 11) is 0.